The Morgan fingerprint density at radius 2 is 1.76 bits per heavy atom. The molecule has 0 unspecified atom stereocenters. The molecule has 0 aliphatic heterocycles. The molecule has 1 aromatic rings. The van der Waals surface area contributed by atoms with E-state index in [0.29, 0.717) is 11.8 Å². The van der Waals surface area contributed by atoms with Crippen LogP contribution >= 0.6 is 0 Å². The summed E-state index contributed by atoms with van der Waals surface area (Å²) < 4.78 is 6.05. The Labute approximate surface area is 131 Å². The lowest BCUT2D eigenvalue weighted by atomic mass is 10.1. The SMILES string of the molecule is CCCNCc1oc(CN(CC(C)C)CC(C)C)cc1C. The first-order valence-corrected chi connectivity index (χ1v) is 8.43. The van der Waals surface area contributed by atoms with Gasteiger partial charge in [0, 0.05) is 13.1 Å². The third-order valence-corrected chi connectivity index (χ3v) is 3.41. The van der Waals surface area contributed by atoms with Gasteiger partial charge < -0.3 is 9.73 Å². The highest BCUT2D eigenvalue weighted by molar-refractivity contribution is 5.20. The van der Waals surface area contributed by atoms with Crippen molar-refractivity contribution in [2.24, 2.45) is 11.8 Å². The molecule has 0 saturated heterocycles. The van der Waals surface area contributed by atoms with Gasteiger partial charge in [0.1, 0.15) is 11.5 Å². The van der Waals surface area contributed by atoms with Crippen LogP contribution in [0.4, 0.5) is 0 Å². The predicted octanol–water partition coefficient (Wildman–Crippen LogP) is 4.20. The van der Waals surface area contributed by atoms with Gasteiger partial charge in [0.05, 0.1) is 13.1 Å². The predicted molar refractivity (Wildman–Crippen MR) is 90.4 cm³/mol. The van der Waals surface area contributed by atoms with Crippen molar-refractivity contribution in [3.8, 4) is 0 Å². The van der Waals surface area contributed by atoms with Gasteiger partial charge in [-0.15, -0.1) is 0 Å². The van der Waals surface area contributed by atoms with Gasteiger partial charge in [-0.2, -0.15) is 0 Å². The molecule has 1 N–H and O–H groups in total. The van der Waals surface area contributed by atoms with Crippen molar-refractivity contribution >= 4 is 0 Å². The van der Waals surface area contributed by atoms with Crippen LogP contribution < -0.4 is 5.32 Å². The fraction of sp³-hybridized carbons (Fsp3) is 0.778. The maximum absolute atomic E-state index is 6.05. The van der Waals surface area contributed by atoms with Gasteiger partial charge in [-0.05, 0) is 43.4 Å². The molecule has 3 heteroatoms. The standard InChI is InChI=1S/C18H34N2O/c1-7-8-19-10-18-16(6)9-17(21-18)13-20(11-14(2)3)12-15(4)5/h9,14-15,19H,7-8,10-13H2,1-6H3. The highest BCUT2D eigenvalue weighted by Crippen LogP contribution is 2.17. The second kappa shape index (κ2) is 9.26. The number of nitrogens with zero attached hydrogens (tertiary/aromatic N) is 1. The summed E-state index contributed by atoms with van der Waals surface area (Å²) in [6, 6.07) is 2.20. The van der Waals surface area contributed by atoms with E-state index in [0.717, 1.165) is 50.7 Å². The molecule has 0 atom stereocenters. The monoisotopic (exact) mass is 294 g/mol. The molecule has 122 valence electrons. The average Bonchev–Trinajstić information content (AvgIpc) is 2.68. The summed E-state index contributed by atoms with van der Waals surface area (Å²) in [6.45, 7) is 18.5. The number of nitrogens with one attached hydrogen (secondary N) is 1. The third kappa shape index (κ3) is 7.14. The number of hydrogen-bond acceptors (Lipinski definition) is 3. The Kier molecular flexibility index (Phi) is 8.05. The molecular formula is C18H34N2O. The Morgan fingerprint density at radius 1 is 1.14 bits per heavy atom. The quantitative estimate of drug-likeness (QED) is 0.656. The first-order valence-electron chi connectivity index (χ1n) is 8.43. The fourth-order valence-electron chi connectivity index (χ4n) is 2.68. The number of hydrogen-bond donors (Lipinski definition) is 1. The molecule has 1 aromatic heterocycles. The molecular weight excluding hydrogens is 260 g/mol. The summed E-state index contributed by atoms with van der Waals surface area (Å²) in [5.74, 6) is 3.56. The zero-order chi connectivity index (χ0) is 15.8. The lowest BCUT2D eigenvalue weighted by molar-refractivity contribution is 0.195. The van der Waals surface area contributed by atoms with Crippen LogP contribution in [0.5, 0.6) is 0 Å². The van der Waals surface area contributed by atoms with Gasteiger partial charge >= 0.3 is 0 Å². The first kappa shape index (κ1) is 18.2. The summed E-state index contributed by atoms with van der Waals surface area (Å²) in [5.41, 5.74) is 1.27. The molecule has 0 aliphatic carbocycles. The lowest BCUT2D eigenvalue weighted by Crippen LogP contribution is -2.30. The fourth-order valence-corrected chi connectivity index (χ4v) is 2.68. The van der Waals surface area contributed by atoms with E-state index in [1.165, 1.54) is 5.56 Å². The summed E-state index contributed by atoms with van der Waals surface area (Å²) in [7, 11) is 0. The van der Waals surface area contributed by atoms with E-state index < -0.39 is 0 Å². The van der Waals surface area contributed by atoms with Crippen LogP contribution in [-0.2, 0) is 13.1 Å². The third-order valence-electron chi connectivity index (χ3n) is 3.41. The van der Waals surface area contributed by atoms with Gasteiger partial charge in [0.15, 0.2) is 0 Å². The number of rotatable bonds is 10. The molecule has 0 bridgehead atoms. The van der Waals surface area contributed by atoms with Crippen LogP contribution in [0.25, 0.3) is 0 Å². The summed E-state index contributed by atoms with van der Waals surface area (Å²) >= 11 is 0. The van der Waals surface area contributed by atoms with E-state index in [9.17, 15) is 0 Å². The minimum atomic E-state index is 0.686. The summed E-state index contributed by atoms with van der Waals surface area (Å²) in [6.07, 6.45) is 1.16. The summed E-state index contributed by atoms with van der Waals surface area (Å²) in [4.78, 5) is 2.51. The Morgan fingerprint density at radius 3 is 2.29 bits per heavy atom. The minimum absolute atomic E-state index is 0.686. The van der Waals surface area contributed by atoms with Crippen molar-refractivity contribution in [2.45, 2.75) is 61.1 Å². The van der Waals surface area contributed by atoms with Crippen LogP contribution in [0.3, 0.4) is 0 Å². The molecule has 0 aromatic carbocycles. The molecule has 0 amide bonds. The smallest absolute Gasteiger partial charge is 0.120 e. The van der Waals surface area contributed by atoms with Crippen molar-refractivity contribution in [3.05, 3.63) is 23.2 Å². The van der Waals surface area contributed by atoms with Crippen molar-refractivity contribution in [2.75, 3.05) is 19.6 Å². The van der Waals surface area contributed by atoms with Crippen molar-refractivity contribution in [1.29, 1.82) is 0 Å². The molecule has 0 aliphatic rings. The van der Waals surface area contributed by atoms with Gasteiger partial charge in [-0.25, -0.2) is 0 Å². The highest BCUT2D eigenvalue weighted by atomic mass is 16.3. The van der Waals surface area contributed by atoms with Gasteiger partial charge in [-0.3, -0.25) is 4.90 Å². The van der Waals surface area contributed by atoms with E-state index in [2.05, 4.69) is 57.8 Å². The van der Waals surface area contributed by atoms with E-state index in [1.54, 1.807) is 0 Å². The summed E-state index contributed by atoms with van der Waals surface area (Å²) in [5, 5.41) is 3.42. The topological polar surface area (TPSA) is 28.4 Å². The van der Waals surface area contributed by atoms with E-state index in [1.807, 2.05) is 0 Å². The molecule has 0 fully saturated rings. The van der Waals surface area contributed by atoms with Crippen LogP contribution in [0.1, 0.15) is 58.1 Å². The van der Waals surface area contributed by atoms with E-state index >= 15 is 0 Å². The molecule has 0 saturated carbocycles. The Bertz CT molecular complexity index is 386. The van der Waals surface area contributed by atoms with Crippen molar-refractivity contribution < 1.29 is 4.42 Å². The maximum atomic E-state index is 6.05. The molecule has 21 heavy (non-hydrogen) atoms. The second-order valence-electron chi connectivity index (χ2n) is 6.98. The van der Waals surface area contributed by atoms with Gasteiger partial charge in [-0.1, -0.05) is 34.6 Å². The molecule has 0 radical (unpaired) electrons. The Hall–Kier alpha value is -0.800. The van der Waals surface area contributed by atoms with Gasteiger partial charge in [0.2, 0.25) is 0 Å². The number of furan rings is 1. The lowest BCUT2D eigenvalue weighted by Gasteiger charge is -2.25. The molecule has 3 nitrogen and oxygen atoms in total. The normalized spacial score (nSPS) is 12.0. The minimum Gasteiger partial charge on any atom is -0.463 e. The zero-order valence-corrected chi connectivity index (χ0v) is 14.8. The van der Waals surface area contributed by atoms with Crippen LogP contribution in [0.2, 0.25) is 0 Å². The van der Waals surface area contributed by atoms with Gasteiger partial charge in [0.25, 0.3) is 0 Å². The van der Waals surface area contributed by atoms with Crippen LogP contribution in [0.15, 0.2) is 10.5 Å². The highest BCUT2D eigenvalue weighted by Gasteiger charge is 2.14. The second-order valence-corrected chi connectivity index (χ2v) is 6.98. The van der Waals surface area contributed by atoms with Crippen LogP contribution in [0, 0.1) is 18.8 Å². The van der Waals surface area contributed by atoms with E-state index in [4.69, 9.17) is 4.42 Å². The van der Waals surface area contributed by atoms with Crippen molar-refractivity contribution in [3.63, 3.8) is 0 Å². The van der Waals surface area contributed by atoms with E-state index in [-0.39, 0.29) is 0 Å². The Balaban J connectivity index is 2.63. The molecule has 1 rings (SSSR count). The molecule has 0 spiro atoms. The average molecular weight is 294 g/mol. The molecule has 1 heterocycles. The largest absolute Gasteiger partial charge is 0.463 e. The first-order chi connectivity index (χ1) is 9.92. The number of aryl methyl sites for hydroxylation is 1. The van der Waals surface area contributed by atoms with Crippen LogP contribution in [-0.4, -0.2) is 24.5 Å². The zero-order valence-electron chi connectivity index (χ0n) is 14.8. The van der Waals surface area contributed by atoms with Crippen molar-refractivity contribution in [1.82, 2.24) is 10.2 Å². The maximum Gasteiger partial charge on any atom is 0.120 e.